The monoisotopic (exact) mass is 346 g/mol. The van der Waals surface area contributed by atoms with Gasteiger partial charge in [-0.1, -0.05) is 13.8 Å². The number of aryl methyl sites for hydroxylation is 3. The van der Waals surface area contributed by atoms with Gasteiger partial charge in [0.15, 0.2) is 5.96 Å². The van der Waals surface area contributed by atoms with Crippen LogP contribution in [0.3, 0.4) is 0 Å². The summed E-state index contributed by atoms with van der Waals surface area (Å²) in [7, 11) is 1.79. The number of nitrogens with one attached hydrogen (secondary N) is 2. The molecule has 138 valence electrons. The van der Waals surface area contributed by atoms with Crippen LogP contribution >= 0.6 is 0 Å². The van der Waals surface area contributed by atoms with E-state index in [1.165, 1.54) is 5.69 Å². The Balaban J connectivity index is 1.73. The Morgan fingerprint density at radius 2 is 2.12 bits per heavy atom. The van der Waals surface area contributed by atoms with Crippen LogP contribution in [-0.2, 0) is 19.5 Å². The van der Waals surface area contributed by atoms with Crippen molar-refractivity contribution in [1.82, 2.24) is 35.2 Å². The summed E-state index contributed by atoms with van der Waals surface area (Å²) in [4.78, 5) is 4.28. The van der Waals surface area contributed by atoms with Crippen molar-refractivity contribution in [2.24, 2.45) is 10.9 Å². The zero-order valence-corrected chi connectivity index (χ0v) is 16.0. The van der Waals surface area contributed by atoms with Crippen LogP contribution < -0.4 is 10.6 Å². The van der Waals surface area contributed by atoms with Gasteiger partial charge in [-0.3, -0.25) is 9.67 Å². The number of aliphatic imine (C=N–C) groups is 1. The second-order valence-corrected chi connectivity index (χ2v) is 6.39. The van der Waals surface area contributed by atoms with E-state index in [1.54, 1.807) is 13.4 Å². The third kappa shape index (κ3) is 5.58. The first-order chi connectivity index (χ1) is 12.0. The second kappa shape index (κ2) is 9.19. The molecule has 0 saturated carbocycles. The van der Waals surface area contributed by atoms with Crippen LogP contribution in [0.15, 0.2) is 17.4 Å². The summed E-state index contributed by atoms with van der Waals surface area (Å²) in [5.41, 5.74) is 2.27. The first kappa shape index (κ1) is 19.0. The van der Waals surface area contributed by atoms with Crippen molar-refractivity contribution in [3.05, 3.63) is 29.6 Å². The Morgan fingerprint density at radius 1 is 1.32 bits per heavy atom. The highest BCUT2D eigenvalue weighted by atomic mass is 15.3. The van der Waals surface area contributed by atoms with E-state index in [4.69, 9.17) is 0 Å². The smallest absolute Gasteiger partial charge is 0.191 e. The Hall–Kier alpha value is -2.38. The lowest BCUT2D eigenvalue weighted by molar-refractivity contribution is 0.435. The van der Waals surface area contributed by atoms with Gasteiger partial charge in [0.05, 0.1) is 5.69 Å². The average Bonchev–Trinajstić information content (AvgIpc) is 3.16. The third-order valence-corrected chi connectivity index (χ3v) is 4.09. The van der Waals surface area contributed by atoms with E-state index in [0.717, 1.165) is 50.1 Å². The van der Waals surface area contributed by atoms with Crippen LogP contribution in [0.25, 0.3) is 0 Å². The van der Waals surface area contributed by atoms with Crippen molar-refractivity contribution in [2.75, 3.05) is 20.1 Å². The van der Waals surface area contributed by atoms with E-state index >= 15 is 0 Å². The molecule has 0 saturated heterocycles. The summed E-state index contributed by atoms with van der Waals surface area (Å²) in [6.45, 7) is 11.7. The van der Waals surface area contributed by atoms with Crippen molar-refractivity contribution in [1.29, 1.82) is 0 Å². The first-order valence-electron chi connectivity index (χ1n) is 8.85. The van der Waals surface area contributed by atoms with Gasteiger partial charge < -0.3 is 15.2 Å². The van der Waals surface area contributed by atoms with E-state index in [0.29, 0.717) is 5.92 Å². The Morgan fingerprint density at radius 3 is 2.76 bits per heavy atom. The van der Waals surface area contributed by atoms with Crippen LogP contribution in [0.1, 0.15) is 31.1 Å². The lowest BCUT2D eigenvalue weighted by atomic mass is 10.2. The molecule has 2 aromatic heterocycles. The summed E-state index contributed by atoms with van der Waals surface area (Å²) in [5.74, 6) is 2.26. The molecule has 0 aliphatic rings. The lowest BCUT2D eigenvalue weighted by Crippen LogP contribution is -2.41. The zero-order valence-electron chi connectivity index (χ0n) is 16.0. The zero-order chi connectivity index (χ0) is 18.2. The molecule has 2 N–H and O–H groups in total. The van der Waals surface area contributed by atoms with Crippen LogP contribution in [0.4, 0.5) is 0 Å². The van der Waals surface area contributed by atoms with E-state index in [9.17, 15) is 0 Å². The van der Waals surface area contributed by atoms with Crippen LogP contribution in [0, 0.1) is 19.8 Å². The van der Waals surface area contributed by atoms with Crippen molar-refractivity contribution >= 4 is 5.96 Å². The maximum absolute atomic E-state index is 4.52. The van der Waals surface area contributed by atoms with Gasteiger partial charge in [-0.15, -0.1) is 10.2 Å². The number of guanidine groups is 1. The molecule has 1 atom stereocenters. The van der Waals surface area contributed by atoms with Crippen molar-refractivity contribution < 1.29 is 0 Å². The molecule has 0 spiro atoms. The molecule has 0 amide bonds. The Kier molecular flexibility index (Phi) is 6.97. The highest BCUT2D eigenvalue weighted by molar-refractivity contribution is 5.79. The molecule has 0 aromatic carbocycles. The fourth-order valence-corrected chi connectivity index (χ4v) is 2.75. The molecule has 0 fully saturated rings. The summed E-state index contributed by atoms with van der Waals surface area (Å²) >= 11 is 0. The predicted molar refractivity (Wildman–Crippen MR) is 99.6 cm³/mol. The summed E-state index contributed by atoms with van der Waals surface area (Å²) < 4.78 is 4.13. The number of aromatic nitrogens is 5. The number of hydrogen-bond donors (Lipinski definition) is 2. The average molecular weight is 346 g/mol. The molecule has 25 heavy (non-hydrogen) atoms. The third-order valence-electron chi connectivity index (χ3n) is 4.09. The van der Waals surface area contributed by atoms with Gasteiger partial charge in [-0.2, -0.15) is 5.10 Å². The fourth-order valence-electron chi connectivity index (χ4n) is 2.75. The normalized spacial score (nSPS) is 13.1. The second-order valence-electron chi connectivity index (χ2n) is 6.39. The van der Waals surface area contributed by atoms with Crippen LogP contribution in [0.2, 0.25) is 0 Å². The minimum Gasteiger partial charge on any atom is -0.356 e. The minimum absolute atomic E-state index is 0.445. The predicted octanol–water partition coefficient (Wildman–Crippen LogP) is 1.16. The fraction of sp³-hybridized carbons (Fsp3) is 0.647. The van der Waals surface area contributed by atoms with Crippen LogP contribution in [0.5, 0.6) is 0 Å². The molecule has 2 heterocycles. The molecule has 8 nitrogen and oxygen atoms in total. The van der Waals surface area contributed by atoms with Gasteiger partial charge in [0, 0.05) is 45.3 Å². The van der Waals surface area contributed by atoms with Gasteiger partial charge in [0.25, 0.3) is 0 Å². The van der Waals surface area contributed by atoms with Gasteiger partial charge >= 0.3 is 0 Å². The van der Waals surface area contributed by atoms with E-state index < -0.39 is 0 Å². The largest absolute Gasteiger partial charge is 0.356 e. The molecule has 0 aliphatic heterocycles. The first-order valence-corrected chi connectivity index (χ1v) is 8.85. The quantitative estimate of drug-likeness (QED) is 0.553. The van der Waals surface area contributed by atoms with Gasteiger partial charge in [-0.25, -0.2) is 0 Å². The molecule has 1 unspecified atom stereocenters. The maximum Gasteiger partial charge on any atom is 0.191 e. The number of nitrogens with zero attached hydrogens (tertiary/aromatic N) is 6. The van der Waals surface area contributed by atoms with Crippen molar-refractivity contribution in [3.8, 4) is 0 Å². The van der Waals surface area contributed by atoms with E-state index in [1.807, 2.05) is 6.92 Å². The van der Waals surface area contributed by atoms with Gasteiger partial charge in [0.1, 0.15) is 12.2 Å². The Bertz CT molecular complexity index is 685. The molecule has 0 radical (unpaired) electrons. The maximum atomic E-state index is 4.52. The summed E-state index contributed by atoms with van der Waals surface area (Å²) in [6, 6.07) is 2.11. The van der Waals surface area contributed by atoms with Crippen molar-refractivity contribution in [2.45, 2.75) is 47.2 Å². The molecule has 0 aliphatic carbocycles. The molecule has 8 heteroatoms. The number of hydrogen-bond acceptors (Lipinski definition) is 4. The molecule has 2 aromatic rings. The summed E-state index contributed by atoms with van der Waals surface area (Å²) in [5, 5.41) is 19.3. The van der Waals surface area contributed by atoms with Gasteiger partial charge in [0.2, 0.25) is 0 Å². The summed E-state index contributed by atoms with van der Waals surface area (Å²) in [6.07, 6.45) is 2.66. The molecular formula is C17H30N8. The highest BCUT2D eigenvalue weighted by Crippen LogP contribution is 2.05. The van der Waals surface area contributed by atoms with Crippen LogP contribution in [-0.4, -0.2) is 50.6 Å². The minimum atomic E-state index is 0.445. The molecular weight excluding hydrogens is 316 g/mol. The number of rotatable bonds is 8. The lowest BCUT2D eigenvalue weighted by Gasteiger charge is -2.17. The van der Waals surface area contributed by atoms with E-state index in [-0.39, 0.29) is 0 Å². The van der Waals surface area contributed by atoms with E-state index in [2.05, 4.69) is 67.0 Å². The SMILES string of the molecule is CCc1nncn1CCNC(=NC)NCC(C)Cn1nc(C)cc1C. The standard InChI is InChI=1S/C17H30N8/c1-6-16-22-21-12-24(16)8-7-19-17(18-5)20-10-13(2)11-25-15(4)9-14(3)23-25/h9,12-13H,6-8,10-11H2,1-5H3,(H2,18,19,20). The van der Waals surface area contributed by atoms with Gasteiger partial charge in [-0.05, 0) is 25.8 Å². The Labute approximate surface area is 149 Å². The molecule has 0 bridgehead atoms. The highest BCUT2D eigenvalue weighted by Gasteiger charge is 2.08. The molecule has 2 rings (SSSR count). The topological polar surface area (TPSA) is 85.0 Å². The van der Waals surface area contributed by atoms with Crippen molar-refractivity contribution in [3.63, 3.8) is 0 Å².